The lowest BCUT2D eigenvalue weighted by Gasteiger charge is -2.23. The van der Waals surface area contributed by atoms with Crippen LogP contribution in [0.4, 0.5) is 11.4 Å². The Balaban J connectivity index is 1.61. The van der Waals surface area contributed by atoms with Crippen molar-refractivity contribution in [3.8, 4) is 0 Å². The Morgan fingerprint density at radius 2 is 1.71 bits per heavy atom. The summed E-state index contributed by atoms with van der Waals surface area (Å²) in [5.74, 6) is -1.11. The Kier molecular flexibility index (Phi) is 8.90. The highest BCUT2D eigenvalue weighted by atomic mass is 16.2. The van der Waals surface area contributed by atoms with Gasteiger partial charge in [0.25, 0.3) is 0 Å². The number of primary amides is 1. The number of benzene rings is 2. The Morgan fingerprint density at radius 1 is 1.03 bits per heavy atom. The number of rotatable bonds is 11. The molecule has 3 rings (SSSR count). The number of amides is 3. The predicted octanol–water partition coefficient (Wildman–Crippen LogP) is 1.96. The van der Waals surface area contributed by atoms with Crippen molar-refractivity contribution >= 4 is 29.1 Å². The van der Waals surface area contributed by atoms with Crippen molar-refractivity contribution in [2.24, 2.45) is 5.73 Å². The second-order valence-corrected chi connectivity index (χ2v) is 8.90. The average Bonchev–Trinajstić information content (AvgIpc) is 3.35. The van der Waals surface area contributed by atoms with Crippen molar-refractivity contribution in [1.82, 2.24) is 10.6 Å². The largest absolute Gasteiger partial charge is 0.378 e. The maximum absolute atomic E-state index is 13.0. The van der Waals surface area contributed by atoms with Crippen LogP contribution >= 0.6 is 0 Å². The van der Waals surface area contributed by atoms with Crippen LogP contribution in [0.2, 0.25) is 0 Å². The molecule has 2 aromatic carbocycles. The Morgan fingerprint density at radius 3 is 2.35 bits per heavy atom. The Labute approximate surface area is 201 Å². The lowest BCUT2D eigenvalue weighted by molar-refractivity contribution is -0.129. The van der Waals surface area contributed by atoms with Gasteiger partial charge in [-0.25, -0.2) is 0 Å². The maximum Gasteiger partial charge on any atom is 0.242 e. The van der Waals surface area contributed by atoms with Crippen molar-refractivity contribution in [3.63, 3.8) is 0 Å². The zero-order valence-electron chi connectivity index (χ0n) is 20.0. The van der Waals surface area contributed by atoms with Crippen LogP contribution in [0.25, 0.3) is 0 Å². The van der Waals surface area contributed by atoms with Crippen molar-refractivity contribution < 1.29 is 14.4 Å². The number of carbonyl (C=O) groups is 3. The molecule has 1 aliphatic rings. The Bertz CT molecular complexity index is 984. The van der Waals surface area contributed by atoms with Crippen LogP contribution in [0.15, 0.2) is 48.5 Å². The van der Waals surface area contributed by atoms with E-state index in [2.05, 4.69) is 21.6 Å². The highest BCUT2D eigenvalue weighted by molar-refractivity contribution is 5.89. The molecule has 0 bridgehead atoms. The third-order valence-corrected chi connectivity index (χ3v) is 6.04. The first-order chi connectivity index (χ1) is 16.3. The lowest BCUT2D eigenvalue weighted by Crippen LogP contribution is -2.47. The van der Waals surface area contributed by atoms with E-state index in [-0.39, 0.29) is 31.1 Å². The minimum absolute atomic E-state index is 0.0141. The van der Waals surface area contributed by atoms with Crippen molar-refractivity contribution in [2.45, 2.75) is 44.7 Å². The molecule has 1 fully saturated rings. The summed E-state index contributed by atoms with van der Waals surface area (Å²) in [7, 11) is 3.90. The molecule has 3 amide bonds. The highest BCUT2D eigenvalue weighted by Crippen LogP contribution is 2.24. The molecule has 182 valence electrons. The Hall–Kier alpha value is -3.55. The van der Waals surface area contributed by atoms with E-state index in [1.165, 1.54) is 12.8 Å². The highest BCUT2D eigenvalue weighted by Gasteiger charge is 2.22. The standard InChI is InChI=1S/C26H35N5O3/c1-30(2)21-11-9-19(10-12-21)17-25(33)29-22(13-14-24(27)32)26(34)28-18-20-7-3-4-8-23(20)31-15-5-6-16-31/h3-4,7-12,22H,5-6,13-18H2,1-2H3,(H2,27,32)(H,28,34)(H,29,33)/t22-/m1/s1. The minimum Gasteiger partial charge on any atom is -0.378 e. The van der Waals surface area contributed by atoms with Gasteiger partial charge >= 0.3 is 0 Å². The molecule has 34 heavy (non-hydrogen) atoms. The number of anilines is 2. The van der Waals surface area contributed by atoms with E-state index in [1.54, 1.807) is 0 Å². The molecule has 4 N–H and O–H groups in total. The maximum atomic E-state index is 13.0. The van der Waals surface area contributed by atoms with E-state index >= 15 is 0 Å². The fraction of sp³-hybridized carbons (Fsp3) is 0.423. The summed E-state index contributed by atoms with van der Waals surface area (Å²) in [6.07, 6.45) is 2.64. The summed E-state index contributed by atoms with van der Waals surface area (Å²) in [4.78, 5) is 41.3. The van der Waals surface area contributed by atoms with Gasteiger partial charge in [-0.15, -0.1) is 0 Å². The summed E-state index contributed by atoms with van der Waals surface area (Å²) < 4.78 is 0. The molecule has 1 atom stereocenters. The van der Waals surface area contributed by atoms with Gasteiger partial charge in [-0.2, -0.15) is 0 Å². The molecule has 0 saturated carbocycles. The monoisotopic (exact) mass is 465 g/mol. The third-order valence-electron chi connectivity index (χ3n) is 6.04. The molecule has 0 spiro atoms. The normalized spacial score (nSPS) is 13.9. The van der Waals surface area contributed by atoms with Gasteiger partial charge in [0.15, 0.2) is 0 Å². The van der Waals surface area contributed by atoms with Crippen LogP contribution in [0, 0.1) is 0 Å². The molecule has 0 radical (unpaired) electrons. The number of hydrogen-bond donors (Lipinski definition) is 3. The third kappa shape index (κ3) is 7.23. The van der Waals surface area contributed by atoms with E-state index < -0.39 is 11.9 Å². The number of nitrogens with zero attached hydrogens (tertiary/aromatic N) is 2. The van der Waals surface area contributed by atoms with E-state index in [9.17, 15) is 14.4 Å². The van der Waals surface area contributed by atoms with Crippen LogP contribution < -0.4 is 26.2 Å². The van der Waals surface area contributed by atoms with Crippen molar-refractivity contribution in [2.75, 3.05) is 37.0 Å². The van der Waals surface area contributed by atoms with Gasteiger partial charge in [0, 0.05) is 51.5 Å². The number of para-hydroxylation sites is 1. The summed E-state index contributed by atoms with van der Waals surface area (Å²) in [6, 6.07) is 14.9. The quantitative estimate of drug-likeness (QED) is 0.470. The minimum atomic E-state index is -0.833. The molecule has 1 aliphatic heterocycles. The summed E-state index contributed by atoms with van der Waals surface area (Å²) in [6.45, 7) is 2.37. The molecule has 2 aromatic rings. The van der Waals surface area contributed by atoms with E-state index in [0.717, 1.165) is 35.6 Å². The summed E-state index contributed by atoms with van der Waals surface area (Å²) in [5, 5.41) is 5.72. The zero-order chi connectivity index (χ0) is 24.5. The van der Waals surface area contributed by atoms with E-state index in [4.69, 9.17) is 5.73 Å². The van der Waals surface area contributed by atoms with Gasteiger partial charge in [-0.3, -0.25) is 14.4 Å². The second-order valence-electron chi connectivity index (χ2n) is 8.90. The molecular formula is C26H35N5O3. The van der Waals surface area contributed by atoms with Crippen LogP contribution in [0.5, 0.6) is 0 Å². The predicted molar refractivity (Wildman–Crippen MR) is 135 cm³/mol. The molecule has 0 aliphatic carbocycles. The SMILES string of the molecule is CN(C)c1ccc(CC(=O)N[C@H](CCC(N)=O)C(=O)NCc2ccccc2N2CCCC2)cc1. The fourth-order valence-corrected chi connectivity index (χ4v) is 4.13. The molecule has 8 heteroatoms. The van der Waals surface area contributed by atoms with Crippen LogP contribution in [-0.4, -0.2) is 50.9 Å². The fourth-order valence-electron chi connectivity index (χ4n) is 4.13. The molecular weight excluding hydrogens is 430 g/mol. The van der Waals surface area contributed by atoms with Gasteiger partial charge in [0.2, 0.25) is 17.7 Å². The average molecular weight is 466 g/mol. The molecule has 0 unspecified atom stereocenters. The van der Waals surface area contributed by atoms with Crippen LogP contribution in [0.1, 0.15) is 36.8 Å². The summed E-state index contributed by atoms with van der Waals surface area (Å²) >= 11 is 0. The van der Waals surface area contributed by atoms with Crippen LogP contribution in [-0.2, 0) is 27.3 Å². The first-order valence-corrected chi connectivity index (χ1v) is 11.8. The molecule has 1 saturated heterocycles. The lowest BCUT2D eigenvalue weighted by atomic mass is 10.1. The van der Waals surface area contributed by atoms with Crippen molar-refractivity contribution in [1.29, 1.82) is 0 Å². The summed E-state index contributed by atoms with van der Waals surface area (Å²) in [5.41, 5.74) is 9.33. The number of nitrogens with two attached hydrogens (primary N) is 1. The van der Waals surface area contributed by atoms with Gasteiger partial charge < -0.3 is 26.2 Å². The number of carbonyl (C=O) groups excluding carboxylic acids is 3. The zero-order valence-corrected chi connectivity index (χ0v) is 20.0. The first kappa shape index (κ1) is 25.1. The molecule has 0 aromatic heterocycles. The van der Waals surface area contributed by atoms with Crippen LogP contribution in [0.3, 0.4) is 0 Å². The number of nitrogens with one attached hydrogen (secondary N) is 2. The number of hydrogen-bond acceptors (Lipinski definition) is 5. The topological polar surface area (TPSA) is 108 Å². The second kappa shape index (κ2) is 12.1. The smallest absolute Gasteiger partial charge is 0.242 e. The first-order valence-electron chi connectivity index (χ1n) is 11.8. The van der Waals surface area contributed by atoms with Crippen molar-refractivity contribution in [3.05, 3.63) is 59.7 Å². The van der Waals surface area contributed by atoms with Gasteiger partial charge in [0.1, 0.15) is 6.04 Å². The van der Waals surface area contributed by atoms with E-state index in [1.807, 2.05) is 61.5 Å². The molecule has 8 nitrogen and oxygen atoms in total. The van der Waals surface area contributed by atoms with E-state index in [0.29, 0.717) is 6.54 Å². The van der Waals surface area contributed by atoms with Gasteiger partial charge in [0.05, 0.1) is 6.42 Å². The van der Waals surface area contributed by atoms with Gasteiger partial charge in [-0.1, -0.05) is 30.3 Å². The molecule has 1 heterocycles. The van der Waals surface area contributed by atoms with Gasteiger partial charge in [-0.05, 0) is 48.6 Å².